The van der Waals surface area contributed by atoms with E-state index < -0.39 is 154 Å². The van der Waals surface area contributed by atoms with Crippen LogP contribution in [0, 0.1) is 70.0 Å². The van der Waals surface area contributed by atoms with E-state index >= 15 is 4.39 Å². The van der Waals surface area contributed by atoms with Crippen molar-refractivity contribution in [2.24, 2.45) is 70.0 Å². The highest BCUT2D eigenvalue weighted by Gasteiger charge is 2.65. The minimum atomic E-state index is -3.10. The molecule has 25 nitrogen and oxygen atoms in total. The number of pyridine rings is 2. The first-order valence-corrected chi connectivity index (χ1v) is 40.3. The van der Waals surface area contributed by atoms with Crippen molar-refractivity contribution >= 4 is 69.6 Å². The number of Topliss-reactive ketones (excluding diaryl/α,β-unsaturated/α-hetero) is 4. The Labute approximate surface area is 643 Å². The summed E-state index contributed by atoms with van der Waals surface area (Å²) in [6.07, 6.45) is 4.79. The number of carbonyl (C=O) groups excluding carboxylic acids is 8. The predicted octanol–water partition coefficient (Wildman–Crippen LogP) is 13.6. The van der Waals surface area contributed by atoms with Gasteiger partial charge in [0.15, 0.2) is 46.6 Å². The molecule has 24 atom stereocenters. The molecule has 0 aromatic carbocycles. The second-order valence-electron chi connectivity index (χ2n) is 34.4. The number of aryl methyl sites for hydroxylation is 2. The summed E-state index contributed by atoms with van der Waals surface area (Å²) in [6.45, 7) is 40.2. The van der Waals surface area contributed by atoms with E-state index in [4.69, 9.17) is 37.9 Å². The Bertz CT molecular complexity index is 3860. The molecule has 6 fully saturated rings. The molecule has 6 saturated heterocycles. The van der Waals surface area contributed by atoms with E-state index in [0.717, 1.165) is 30.8 Å². The number of unbranched alkanes of at least 4 members (excludes halogenated alkanes) is 2. The number of aromatic nitrogens is 6. The monoisotopic (exact) mass is 1520 g/mol. The second kappa shape index (κ2) is 35.0. The summed E-state index contributed by atoms with van der Waals surface area (Å²) in [5.74, 6) is -8.78. The minimum Gasteiger partial charge on any atom is -0.457 e. The number of aliphatic hydroxyl groups is 1. The maximum Gasteiger partial charge on any atom is 0.410 e. The molecule has 109 heavy (non-hydrogen) atoms. The minimum absolute atomic E-state index is 0.00346. The number of halogens is 1. The van der Waals surface area contributed by atoms with Gasteiger partial charge in [-0.3, -0.25) is 24.0 Å². The van der Waals surface area contributed by atoms with E-state index in [9.17, 15) is 43.5 Å². The maximum atomic E-state index is 16.8. The lowest BCUT2D eigenvalue weighted by Gasteiger charge is -2.46. The van der Waals surface area contributed by atoms with Crippen molar-refractivity contribution in [1.29, 1.82) is 0 Å². The van der Waals surface area contributed by atoms with Crippen molar-refractivity contribution in [2.75, 3.05) is 13.1 Å². The van der Waals surface area contributed by atoms with E-state index in [1.165, 1.54) is 6.92 Å². The van der Waals surface area contributed by atoms with Crippen LogP contribution in [0.15, 0.2) is 49.3 Å². The number of hydrogen-bond acceptors (Lipinski definition) is 21. The van der Waals surface area contributed by atoms with Gasteiger partial charge < -0.3 is 61.9 Å². The summed E-state index contributed by atoms with van der Waals surface area (Å²) in [7, 11) is 0. The third-order valence-corrected chi connectivity index (χ3v) is 25.3. The molecule has 0 aliphatic carbocycles. The van der Waals surface area contributed by atoms with Gasteiger partial charge in [-0.05, 0) is 152 Å². The van der Waals surface area contributed by atoms with Gasteiger partial charge in [0.05, 0.1) is 60.2 Å². The normalized spacial score (nSPS) is 37.3. The Hall–Kier alpha value is -6.87. The quantitative estimate of drug-likeness (QED) is 0.0419. The van der Waals surface area contributed by atoms with E-state index in [1.807, 2.05) is 123 Å². The number of cyclic esters (lactones) is 2. The molecule has 6 aliphatic rings. The van der Waals surface area contributed by atoms with Crippen LogP contribution in [0.3, 0.4) is 0 Å². The van der Waals surface area contributed by atoms with Gasteiger partial charge in [0.1, 0.15) is 35.8 Å². The topological polar surface area (TPSA) is 299 Å². The molecule has 0 saturated carbocycles. The number of amides is 2. The molecular formula is C83H125FN8O17. The SMILES string of the molecule is CC[C@H]1OC(=O)[C@@](C)(F)C(=O)[C@H](C)[C@@H](OC2O[C@H](C)C[C@H](C)[C@H]2O)C(C)(C)C[C@@H](C)C(=O)[C@H](C)[C@H]2N(CCCCn3cnc4ncccc43)C(=O)O[C@]12CC.CC[C@H]1OC(=O)[C@H](C)C(=O)[C@H](C)[C@@H](OC2O[C@H](C)C[C@H](C)[C@H]2C)C(C)(C)C[C@@H](C)C(=O)[C@H](C)[C@H]2N(CCCCn3cnc4ncccc43)C(=O)O[C@]12CC. The number of fused-ring (bicyclic) bond motifs is 4. The van der Waals surface area contributed by atoms with E-state index in [1.54, 1.807) is 62.5 Å². The first kappa shape index (κ1) is 86.1. The Balaban J connectivity index is 0.000000251. The van der Waals surface area contributed by atoms with Gasteiger partial charge in [-0.25, -0.2) is 38.7 Å². The maximum absolute atomic E-state index is 16.8. The van der Waals surface area contributed by atoms with Crippen molar-refractivity contribution in [3.63, 3.8) is 0 Å². The van der Waals surface area contributed by atoms with E-state index in [0.29, 0.717) is 81.8 Å². The van der Waals surface area contributed by atoms with Crippen LogP contribution >= 0.6 is 0 Å². The van der Waals surface area contributed by atoms with Crippen molar-refractivity contribution < 1.29 is 85.7 Å². The van der Waals surface area contributed by atoms with Gasteiger partial charge in [0.2, 0.25) is 0 Å². The van der Waals surface area contributed by atoms with Crippen LogP contribution in [0.4, 0.5) is 14.0 Å². The fraction of sp³-hybridized carbons (Fsp3) is 0.759. The summed E-state index contributed by atoms with van der Waals surface area (Å²) in [5, 5.41) is 11.1. The van der Waals surface area contributed by atoms with Crippen LogP contribution in [0.2, 0.25) is 0 Å². The highest BCUT2D eigenvalue weighted by molar-refractivity contribution is 6.08. The molecule has 1 N–H and O–H groups in total. The fourth-order valence-corrected chi connectivity index (χ4v) is 19.3. The van der Waals surface area contributed by atoms with Crippen molar-refractivity contribution in [3.05, 3.63) is 49.3 Å². The number of alkyl halides is 1. The largest absolute Gasteiger partial charge is 0.457 e. The molecule has 606 valence electrons. The third kappa shape index (κ3) is 17.7. The zero-order valence-corrected chi connectivity index (χ0v) is 68.5. The van der Waals surface area contributed by atoms with Gasteiger partial charge in [-0.15, -0.1) is 0 Å². The summed E-state index contributed by atoms with van der Waals surface area (Å²) >= 11 is 0. The lowest BCUT2D eigenvalue weighted by atomic mass is 9.68. The number of hydrogen-bond donors (Lipinski definition) is 1. The third-order valence-electron chi connectivity index (χ3n) is 25.3. The van der Waals surface area contributed by atoms with Crippen LogP contribution in [-0.4, -0.2) is 189 Å². The number of aliphatic hydroxyl groups excluding tert-OH is 1. The highest BCUT2D eigenvalue weighted by Crippen LogP contribution is 2.49. The zero-order chi connectivity index (χ0) is 80.3. The van der Waals surface area contributed by atoms with Crippen LogP contribution in [-0.2, 0) is 79.8 Å². The number of nitrogens with zero attached hydrogens (tertiary/aromatic N) is 8. The molecule has 26 heteroatoms. The molecule has 4 aromatic rings. The molecule has 6 aliphatic heterocycles. The fourth-order valence-electron chi connectivity index (χ4n) is 19.3. The molecular weight excluding hydrogens is 1400 g/mol. The smallest absolute Gasteiger partial charge is 0.410 e. The summed E-state index contributed by atoms with van der Waals surface area (Å²) in [4.78, 5) is 134. The summed E-state index contributed by atoms with van der Waals surface area (Å²) in [5.41, 5.74) is -4.37. The van der Waals surface area contributed by atoms with Crippen LogP contribution in [0.5, 0.6) is 0 Å². The predicted molar refractivity (Wildman–Crippen MR) is 405 cm³/mol. The number of carbonyl (C=O) groups is 8. The Kier molecular flexibility index (Phi) is 27.7. The van der Waals surface area contributed by atoms with Gasteiger partial charge in [-0.1, -0.05) is 118 Å². The van der Waals surface area contributed by atoms with Gasteiger partial charge >= 0.3 is 24.1 Å². The van der Waals surface area contributed by atoms with E-state index in [2.05, 4.69) is 33.8 Å². The van der Waals surface area contributed by atoms with Crippen LogP contribution < -0.4 is 0 Å². The van der Waals surface area contributed by atoms with Crippen LogP contribution in [0.25, 0.3) is 22.3 Å². The van der Waals surface area contributed by atoms with Crippen molar-refractivity contribution in [2.45, 2.75) is 320 Å². The number of rotatable bonds is 18. The number of ether oxygens (including phenoxy) is 8. The zero-order valence-electron chi connectivity index (χ0n) is 68.5. The molecule has 10 heterocycles. The van der Waals surface area contributed by atoms with Gasteiger partial charge in [0, 0.05) is 80.0 Å². The average molecular weight is 1530 g/mol. The first-order valence-electron chi connectivity index (χ1n) is 40.3. The van der Waals surface area contributed by atoms with Crippen LogP contribution in [0.1, 0.15) is 222 Å². The number of imidazole rings is 2. The average Bonchev–Trinajstić information content (AvgIpc) is 1.61. The number of esters is 2. The Morgan fingerprint density at radius 1 is 0.532 bits per heavy atom. The lowest BCUT2D eigenvalue weighted by Crippen LogP contribution is -2.60. The Morgan fingerprint density at radius 2 is 0.954 bits per heavy atom. The molecule has 2 amide bonds. The summed E-state index contributed by atoms with van der Waals surface area (Å²) in [6, 6.07) is 6.11. The molecule has 0 radical (unpaired) electrons. The van der Waals surface area contributed by atoms with Gasteiger partial charge in [0.25, 0.3) is 5.67 Å². The molecule has 2 unspecified atom stereocenters. The molecule has 4 aromatic heterocycles. The lowest BCUT2D eigenvalue weighted by molar-refractivity contribution is -0.284. The highest BCUT2D eigenvalue weighted by atomic mass is 19.1. The van der Waals surface area contributed by atoms with Crippen molar-refractivity contribution in [1.82, 2.24) is 38.9 Å². The first-order chi connectivity index (χ1) is 51.3. The molecule has 0 bridgehead atoms. The Morgan fingerprint density at radius 3 is 1.41 bits per heavy atom. The second-order valence-corrected chi connectivity index (χ2v) is 34.4. The van der Waals surface area contributed by atoms with Gasteiger partial charge in [-0.2, -0.15) is 0 Å². The molecule has 10 rings (SSSR count). The van der Waals surface area contributed by atoms with E-state index in [-0.39, 0.29) is 67.2 Å². The number of ketones is 4. The summed E-state index contributed by atoms with van der Waals surface area (Å²) < 4.78 is 71.1. The standard InChI is InChI=1S/C42H64N4O8.C41H61FN4O9/c1-12-32-42(13-2)35(46(40(50)54-42)20-15-14-19-45-23-44-37-31(45)17-16-18-43-37)28(7)33(47)25(4)22-41(10,11)36(29(8)34(48)30(9)38(49)52-32)53-39-27(6)24(3)21-26(5)51-39;1-11-29-41(12-2)32(46(38(51)55-41)19-14-13-18-45-22-44-35-28(45)16-15-17-43-35)26(6)30(47)24(4)21-39(8,9)34(27(7)33(49)40(10,42)37(50)53-29)54-36-31(48)23(3)20-25(5)52-36/h16-18,23-30,32,35-36,39H,12-15,19-22H2,1-11H3;15-17,22-27,29,31-32,34,36,48H,11-14,18-21H2,1-10H3/t24-,25+,26+,27+,28-,29-,30+,32+,35+,36+,39?,42+;23-,24+,25+,26-,27-,29+,31+,32+,34+,36?,40-,41+/m00/s1. The van der Waals surface area contributed by atoms with Crippen molar-refractivity contribution in [3.8, 4) is 0 Å². The molecule has 0 spiro atoms.